The van der Waals surface area contributed by atoms with Gasteiger partial charge in [0.05, 0.1) is 0 Å². The standard InChI is InChI=1S/C6H6N2O3.H3N/c9-7(8(10)11)6-4-2-1-3-5-6;/h1-5H,(H,10,11);1H3. The van der Waals surface area contributed by atoms with Gasteiger partial charge in [0, 0.05) is 12.1 Å². The lowest BCUT2D eigenvalue weighted by Crippen LogP contribution is -2.08. The van der Waals surface area contributed by atoms with Crippen LogP contribution in [0.4, 0.5) is 5.69 Å². The molecule has 0 fully saturated rings. The van der Waals surface area contributed by atoms with E-state index in [9.17, 15) is 10.4 Å². The zero-order chi connectivity index (χ0) is 8.27. The first kappa shape index (κ1) is 10.2. The van der Waals surface area contributed by atoms with Gasteiger partial charge in [0.15, 0.2) is 0 Å². The Balaban J connectivity index is 0.00000121. The molecule has 0 atom stereocenters. The maximum Gasteiger partial charge on any atom is 0.316 e. The van der Waals surface area contributed by atoms with Crippen molar-refractivity contribution in [2.45, 2.75) is 0 Å². The Labute approximate surface area is 68.7 Å². The van der Waals surface area contributed by atoms with Gasteiger partial charge >= 0.3 is 5.02 Å². The summed E-state index contributed by atoms with van der Waals surface area (Å²) in [4.78, 5) is -0.167. The van der Waals surface area contributed by atoms with E-state index >= 15 is 0 Å². The summed E-state index contributed by atoms with van der Waals surface area (Å²) >= 11 is 0. The molecule has 0 saturated carbocycles. The van der Waals surface area contributed by atoms with Gasteiger partial charge in [-0.15, -0.1) is 0 Å². The summed E-state index contributed by atoms with van der Waals surface area (Å²) in [5.74, 6) is 0. The highest BCUT2D eigenvalue weighted by molar-refractivity contribution is 5.27. The van der Waals surface area contributed by atoms with Crippen LogP contribution in [-0.4, -0.2) is 15.1 Å². The average molecular weight is 171 g/mol. The zero-order valence-electron chi connectivity index (χ0n) is 6.25. The second-order valence-corrected chi connectivity index (χ2v) is 1.86. The summed E-state index contributed by atoms with van der Waals surface area (Å²) in [6, 6.07) is 7.69. The van der Waals surface area contributed by atoms with Crippen molar-refractivity contribution in [2.75, 3.05) is 0 Å². The van der Waals surface area contributed by atoms with Crippen molar-refractivity contribution in [2.24, 2.45) is 0 Å². The second kappa shape index (κ2) is 4.14. The Morgan fingerprint density at radius 3 is 2.00 bits per heavy atom. The summed E-state index contributed by atoms with van der Waals surface area (Å²) in [5.41, 5.74) is 0.0880. The van der Waals surface area contributed by atoms with Crippen LogP contribution in [0.15, 0.2) is 30.3 Å². The minimum Gasteiger partial charge on any atom is -0.557 e. The molecule has 0 saturated heterocycles. The summed E-state index contributed by atoms with van der Waals surface area (Å²) in [7, 11) is 0. The Morgan fingerprint density at radius 2 is 1.58 bits per heavy atom. The maximum absolute atomic E-state index is 10.6. The third-order valence-corrected chi connectivity index (χ3v) is 1.13. The van der Waals surface area contributed by atoms with Crippen LogP contribution in [0.25, 0.3) is 0 Å². The molecule has 0 heterocycles. The molecule has 0 aliphatic heterocycles. The van der Waals surface area contributed by atoms with E-state index in [0.717, 1.165) is 0 Å². The molecule has 6 nitrogen and oxygen atoms in total. The fraction of sp³-hybridized carbons (Fsp3) is 0. The molecule has 6 heteroatoms. The number of para-hydroxylation sites is 1. The molecular weight excluding hydrogens is 162 g/mol. The van der Waals surface area contributed by atoms with E-state index < -0.39 is 5.02 Å². The molecule has 0 aliphatic rings. The van der Waals surface area contributed by atoms with Crippen molar-refractivity contribution < 1.29 is 15.1 Å². The van der Waals surface area contributed by atoms with Gasteiger partial charge in [-0.05, 0) is 0 Å². The van der Waals surface area contributed by atoms with Crippen LogP contribution in [-0.2, 0) is 0 Å². The second-order valence-electron chi connectivity index (χ2n) is 1.86. The fourth-order valence-electron chi connectivity index (χ4n) is 0.654. The van der Waals surface area contributed by atoms with Gasteiger partial charge in [-0.1, -0.05) is 18.2 Å². The molecule has 0 amide bonds. The van der Waals surface area contributed by atoms with E-state index in [0.29, 0.717) is 0 Å². The van der Waals surface area contributed by atoms with Gasteiger partial charge in [-0.3, -0.25) is 0 Å². The SMILES string of the molecule is N.[O-]/[N+](O)=[N+](/[O-])c1ccccc1. The smallest absolute Gasteiger partial charge is 0.316 e. The third-order valence-electron chi connectivity index (χ3n) is 1.13. The van der Waals surface area contributed by atoms with Crippen LogP contribution in [0.1, 0.15) is 0 Å². The molecule has 66 valence electrons. The minimum absolute atomic E-state index is 0. The van der Waals surface area contributed by atoms with Crippen molar-refractivity contribution in [3.8, 4) is 0 Å². The molecule has 12 heavy (non-hydrogen) atoms. The molecule has 0 unspecified atom stereocenters. The largest absolute Gasteiger partial charge is 0.557 e. The first-order valence-electron chi connectivity index (χ1n) is 2.90. The van der Waals surface area contributed by atoms with Gasteiger partial charge < -0.3 is 16.6 Å². The predicted octanol–water partition coefficient (Wildman–Crippen LogP) is 1.34. The zero-order valence-corrected chi connectivity index (χ0v) is 6.25. The van der Waals surface area contributed by atoms with Crippen molar-refractivity contribution >= 4 is 5.69 Å². The van der Waals surface area contributed by atoms with Crippen molar-refractivity contribution in [3.05, 3.63) is 40.7 Å². The Hall–Kier alpha value is -1.82. The quantitative estimate of drug-likeness (QED) is 0.377. The van der Waals surface area contributed by atoms with Crippen LogP contribution >= 0.6 is 0 Å². The molecule has 1 aromatic rings. The fourth-order valence-corrected chi connectivity index (χ4v) is 0.654. The van der Waals surface area contributed by atoms with Crippen LogP contribution in [0.2, 0.25) is 0 Å². The maximum atomic E-state index is 10.6. The highest BCUT2D eigenvalue weighted by Gasteiger charge is 2.09. The van der Waals surface area contributed by atoms with E-state index in [1.165, 1.54) is 12.1 Å². The van der Waals surface area contributed by atoms with Gasteiger partial charge in [0.1, 0.15) is 4.86 Å². The van der Waals surface area contributed by atoms with E-state index in [1.807, 2.05) is 0 Å². The molecule has 0 radical (unpaired) electrons. The van der Waals surface area contributed by atoms with Gasteiger partial charge in [-0.2, -0.15) is 5.21 Å². The molecule has 1 rings (SSSR count). The molecule has 0 bridgehead atoms. The predicted molar refractivity (Wildman–Crippen MR) is 40.2 cm³/mol. The van der Waals surface area contributed by atoms with Crippen molar-refractivity contribution in [1.29, 1.82) is 0 Å². The monoisotopic (exact) mass is 171 g/mol. The van der Waals surface area contributed by atoms with Crippen molar-refractivity contribution in [1.82, 2.24) is 6.15 Å². The third kappa shape index (κ3) is 2.10. The first-order valence-corrected chi connectivity index (χ1v) is 2.90. The number of hydrogen-bond donors (Lipinski definition) is 2. The van der Waals surface area contributed by atoms with Crippen LogP contribution in [0.3, 0.4) is 0 Å². The van der Waals surface area contributed by atoms with Crippen LogP contribution < -0.4 is 6.15 Å². The van der Waals surface area contributed by atoms with Crippen LogP contribution in [0.5, 0.6) is 0 Å². The minimum atomic E-state index is -0.769. The van der Waals surface area contributed by atoms with E-state index in [2.05, 4.69) is 0 Å². The van der Waals surface area contributed by atoms with E-state index in [-0.39, 0.29) is 16.7 Å². The normalized spacial score (nSPS) is 11.3. The highest BCUT2D eigenvalue weighted by Crippen LogP contribution is 2.08. The van der Waals surface area contributed by atoms with Crippen LogP contribution in [0, 0.1) is 10.4 Å². The topological polar surface area (TPSA) is 107 Å². The Kier molecular flexibility index (Phi) is 3.51. The Bertz CT molecular complexity index is 269. The van der Waals surface area contributed by atoms with Gasteiger partial charge in [0.2, 0.25) is 0 Å². The molecule has 0 aromatic heterocycles. The highest BCUT2D eigenvalue weighted by atomic mass is 16.8. The number of rotatable bonds is 1. The molecule has 4 N–H and O–H groups in total. The van der Waals surface area contributed by atoms with Gasteiger partial charge in [0.25, 0.3) is 5.69 Å². The average Bonchev–Trinajstić information content (AvgIpc) is 2.05. The molecule has 1 aromatic carbocycles. The summed E-state index contributed by atoms with van der Waals surface area (Å²) in [6.07, 6.45) is 0. The lowest BCUT2D eigenvalue weighted by Gasteiger charge is -1.92. The summed E-state index contributed by atoms with van der Waals surface area (Å²) in [5, 5.41) is 28.1. The number of benzene rings is 1. The lowest BCUT2D eigenvalue weighted by molar-refractivity contribution is -1.06. The Morgan fingerprint density at radius 1 is 1.08 bits per heavy atom. The number of nitrogens with zero attached hydrogens (tertiary/aromatic N) is 2. The van der Waals surface area contributed by atoms with E-state index in [1.54, 1.807) is 18.2 Å². The molecule has 0 aliphatic carbocycles. The lowest BCUT2D eigenvalue weighted by atomic mass is 10.3. The van der Waals surface area contributed by atoms with Gasteiger partial charge in [-0.25, -0.2) is 0 Å². The summed E-state index contributed by atoms with van der Waals surface area (Å²) < 4.78 is 0. The molecule has 0 spiro atoms. The van der Waals surface area contributed by atoms with Crippen molar-refractivity contribution in [3.63, 3.8) is 0 Å². The molecular formula is C6H9N3O3. The summed E-state index contributed by atoms with van der Waals surface area (Å²) in [6.45, 7) is 0. The number of hydrogen-bond acceptors (Lipinski definition) is 3. The first-order chi connectivity index (χ1) is 5.22. The van der Waals surface area contributed by atoms with E-state index in [4.69, 9.17) is 5.21 Å².